The second-order valence-corrected chi connectivity index (χ2v) is 10.2. The molecule has 2 aromatic carbocycles. The number of carbonyl (C=O) groups excluding carboxylic acids is 2. The van der Waals surface area contributed by atoms with Gasteiger partial charge < -0.3 is 24.8 Å². The van der Waals surface area contributed by atoms with Crippen molar-refractivity contribution >= 4 is 17.7 Å². The van der Waals surface area contributed by atoms with Gasteiger partial charge in [-0.2, -0.15) is 0 Å². The lowest BCUT2D eigenvalue weighted by Crippen LogP contribution is -2.42. The van der Waals surface area contributed by atoms with Crippen LogP contribution >= 0.6 is 0 Å². The van der Waals surface area contributed by atoms with E-state index in [1.165, 1.54) is 7.11 Å². The standard InChI is InChI=1S/C28H38N2O5/c1-19(21-11-14-23(15-12-21)30-27(32)35-28(2,3)4)29-24-17-22(26(31)33-5)13-16-25(24)34-18-20-9-7-6-8-10-20/h6-10,13,16-17,19,21,23,29H,11-12,14-15,18H2,1-5H3,(H,30,32)/t19-,21?,23?/m0/s1. The molecule has 0 radical (unpaired) electrons. The van der Waals surface area contributed by atoms with Crippen molar-refractivity contribution in [3.05, 3.63) is 59.7 Å². The largest absolute Gasteiger partial charge is 0.487 e. The van der Waals surface area contributed by atoms with Gasteiger partial charge in [-0.1, -0.05) is 30.3 Å². The van der Waals surface area contributed by atoms with Crippen LogP contribution in [0.4, 0.5) is 10.5 Å². The van der Waals surface area contributed by atoms with E-state index in [2.05, 4.69) is 17.6 Å². The fourth-order valence-corrected chi connectivity index (χ4v) is 4.35. The number of anilines is 1. The van der Waals surface area contributed by atoms with Crippen LogP contribution in [0.2, 0.25) is 0 Å². The molecule has 2 N–H and O–H groups in total. The quantitative estimate of drug-likeness (QED) is 0.453. The molecule has 1 fully saturated rings. The first-order chi connectivity index (χ1) is 16.6. The maximum atomic E-state index is 12.1. The molecule has 0 saturated heterocycles. The predicted molar refractivity (Wildman–Crippen MR) is 137 cm³/mol. The minimum absolute atomic E-state index is 0.126. The molecule has 1 amide bonds. The van der Waals surface area contributed by atoms with Crippen molar-refractivity contribution in [2.45, 2.75) is 77.7 Å². The van der Waals surface area contributed by atoms with Crippen LogP contribution in [0.25, 0.3) is 0 Å². The number of hydrogen-bond donors (Lipinski definition) is 2. The molecule has 0 aliphatic heterocycles. The number of nitrogens with one attached hydrogen (secondary N) is 2. The number of methoxy groups -OCH3 is 1. The second kappa shape index (κ2) is 12.0. The van der Waals surface area contributed by atoms with E-state index >= 15 is 0 Å². The van der Waals surface area contributed by atoms with Crippen molar-refractivity contribution in [3.8, 4) is 5.75 Å². The van der Waals surface area contributed by atoms with Crippen molar-refractivity contribution in [1.29, 1.82) is 0 Å². The summed E-state index contributed by atoms with van der Waals surface area (Å²) in [6.07, 6.45) is 3.40. The first-order valence-corrected chi connectivity index (χ1v) is 12.3. The molecule has 35 heavy (non-hydrogen) atoms. The molecule has 190 valence electrons. The number of ether oxygens (including phenoxy) is 3. The van der Waals surface area contributed by atoms with Gasteiger partial charge in [0.25, 0.3) is 0 Å². The van der Waals surface area contributed by atoms with Crippen LogP contribution in [0.15, 0.2) is 48.5 Å². The minimum atomic E-state index is -0.501. The van der Waals surface area contributed by atoms with Gasteiger partial charge in [0, 0.05) is 12.1 Å². The number of rotatable bonds is 8. The van der Waals surface area contributed by atoms with Gasteiger partial charge in [0.2, 0.25) is 0 Å². The highest BCUT2D eigenvalue weighted by Crippen LogP contribution is 2.33. The van der Waals surface area contributed by atoms with E-state index in [9.17, 15) is 9.59 Å². The lowest BCUT2D eigenvalue weighted by molar-refractivity contribution is 0.0485. The summed E-state index contributed by atoms with van der Waals surface area (Å²) in [5.74, 6) is 0.730. The SMILES string of the molecule is COC(=O)c1ccc(OCc2ccccc2)c(N[C@@H](C)C2CCC(NC(=O)OC(C)(C)C)CC2)c1. The zero-order valence-electron chi connectivity index (χ0n) is 21.4. The topological polar surface area (TPSA) is 85.9 Å². The molecule has 0 spiro atoms. The average molecular weight is 483 g/mol. The van der Waals surface area contributed by atoms with Crippen molar-refractivity contribution in [2.24, 2.45) is 5.92 Å². The van der Waals surface area contributed by atoms with Crippen molar-refractivity contribution < 1.29 is 23.8 Å². The molecule has 1 aliphatic carbocycles. The highest BCUT2D eigenvalue weighted by molar-refractivity contribution is 5.91. The van der Waals surface area contributed by atoms with Gasteiger partial charge in [0.05, 0.1) is 18.4 Å². The molecule has 1 aliphatic rings. The number of carbonyl (C=O) groups is 2. The molecule has 0 heterocycles. The Bertz CT molecular complexity index is 979. The van der Waals surface area contributed by atoms with Crippen LogP contribution in [-0.4, -0.2) is 36.9 Å². The van der Waals surface area contributed by atoms with E-state index in [-0.39, 0.29) is 24.1 Å². The van der Waals surface area contributed by atoms with Gasteiger partial charge in [-0.15, -0.1) is 0 Å². The van der Waals surface area contributed by atoms with Crippen molar-refractivity contribution in [1.82, 2.24) is 5.32 Å². The molecule has 1 atom stereocenters. The minimum Gasteiger partial charge on any atom is -0.487 e. The first kappa shape index (κ1) is 26.4. The van der Waals surface area contributed by atoms with Crippen LogP contribution in [-0.2, 0) is 16.1 Å². The van der Waals surface area contributed by atoms with E-state index in [0.29, 0.717) is 23.8 Å². The second-order valence-electron chi connectivity index (χ2n) is 10.2. The van der Waals surface area contributed by atoms with E-state index < -0.39 is 5.60 Å². The third-order valence-electron chi connectivity index (χ3n) is 6.22. The lowest BCUT2D eigenvalue weighted by atomic mass is 9.82. The fourth-order valence-electron chi connectivity index (χ4n) is 4.35. The summed E-state index contributed by atoms with van der Waals surface area (Å²) in [6, 6.07) is 15.6. The Morgan fingerprint density at radius 2 is 1.71 bits per heavy atom. The summed E-state index contributed by atoms with van der Waals surface area (Å²) in [5, 5.41) is 6.58. The smallest absolute Gasteiger partial charge is 0.407 e. The Kier molecular flexibility index (Phi) is 9.01. The average Bonchev–Trinajstić information content (AvgIpc) is 2.82. The van der Waals surface area contributed by atoms with Gasteiger partial charge in [-0.25, -0.2) is 9.59 Å². The Labute approximate surface area is 208 Å². The molecular weight excluding hydrogens is 444 g/mol. The third-order valence-corrected chi connectivity index (χ3v) is 6.22. The Morgan fingerprint density at radius 1 is 1.03 bits per heavy atom. The van der Waals surface area contributed by atoms with Crippen LogP contribution in [0.5, 0.6) is 5.75 Å². The summed E-state index contributed by atoms with van der Waals surface area (Å²) < 4.78 is 16.4. The number of alkyl carbamates (subject to hydrolysis) is 1. The molecular formula is C28H38N2O5. The van der Waals surface area contributed by atoms with Crippen molar-refractivity contribution in [3.63, 3.8) is 0 Å². The summed E-state index contributed by atoms with van der Waals surface area (Å²) in [7, 11) is 1.38. The van der Waals surface area contributed by atoms with E-state index in [0.717, 1.165) is 36.9 Å². The molecule has 7 heteroatoms. The van der Waals surface area contributed by atoms with Crippen LogP contribution < -0.4 is 15.4 Å². The van der Waals surface area contributed by atoms with Gasteiger partial charge in [0.15, 0.2) is 0 Å². The van der Waals surface area contributed by atoms with Gasteiger partial charge in [0.1, 0.15) is 18.0 Å². The van der Waals surface area contributed by atoms with Crippen molar-refractivity contribution in [2.75, 3.05) is 12.4 Å². The Morgan fingerprint density at radius 3 is 2.34 bits per heavy atom. The number of hydrogen-bond acceptors (Lipinski definition) is 6. The molecule has 0 aromatic heterocycles. The Hall–Kier alpha value is -3.22. The normalized spacial score (nSPS) is 18.8. The zero-order valence-corrected chi connectivity index (χ0v) is 21.4. The summed E-state index contributed by atoms with van der Waals surface area (Å²) in [5.41, 5.74) is 1.81. The summed E-state index contributed by atoms with van der Waals surface area (Å²) >= 11 is 0. The van der Waals surface area contributed by atoms with E-state index in [1.54, 1.807) is 12.1 Å². The maximum absolute atomic E-state index is 12.1. The monoisotopic (exact) mass is 482 g/mol. The van der Waals surface area contributed by atoms with Gasteiger partial charge in [-0.05, 0) is 83.1 Å². The van der Waals surface area contributed by atoms with Crippen LogP contribution in [0.3, 0.4) is 0 Å². The predicted octanol–water partition coefficient (Wildman–Crippen LogP) is 5.94. The summed E-state index contributed by atoms with van der Waals surface area (Å²) in [6.45, 7) is 8.18. The number of amides is 1. The third kappa shape index (κ3) is 8.19. The zero-order chi connectivity index (χ0) is 25.4. The molecule has 7 nitrogen and oxygen atoms in total. The molecule has 3 rings (SSSR count). The molecule has 0 bridgehead atoms. The molecule has 2 aromatic rings. The van der Waals surface area contributed by atoms with Gasteiger partial charge >= 0.3 is 12.1 Å². The highest BCUT2D eigenvalue weighted by atomic mass is 16.6. The van der Waals surface area contributed by atoms with E-state index in [4.69, 9.17) is 14.2 Å². The van der Waals surface area contributed by atoms with Crippen LogP contribution in [0, 0.1) is 5.92 Å². The Balaban J connectivity index is 1.62. The summed E-state index contributed by atoms with van der Waals surface area (Å²) in [4.78, 5) is 24.2. The highest BCUT2D eigenvalue weighted by Gasteiger charge is 2.28. The van der Waals surface area contributed by atoms with Gasteiger partial charge in [-0.3, -0.25) is 0 Å². The van der Waals surface area contributed by atoms with E-state index in [1.807, 2.05) is 57.2 Å². The maximum Gasteiger partial charge on any atom is 0.407 e. The molecule has 1 saturated carbocycles. The lowest BCUT2D eigenvalue weighted by Gasteiger charge is -2.34. The first-order valence-electron chi connectivity index (χ1n) is 12.3. The van der Waals surface area contributed by atoms with Crippen LogP contribution in [0.1, 0.15) is 69.3 Å². The molecule has 0 unspecified atom stereocenters. The number of esters is 1. The fraction of sp³-hybridized carbons (Fsp3) is 0.500. The number of benzene rings is 2.